The molecule has 0 rings (SSSR count). The van der Waals surface area contributed by atoms with Gasteiger partial charge in [0.1, 0.15) is 0 Å². The summed E-state index contributed by atoms with van der Waals surface area (Å²) in [7, 11) is 0. The van der Waals surface area contributed by atoms with E-state index in [1.54, 1.807) is 0 Å². The molecule has 4 nitrogen and oxygen atoms in total. The van der Waals surface area contributed by atoms with Gasteiger partial charge in [0, 0.05) is 0 Å². The van der Waals surface area contributed by atoms with E-state index in [4.69, 9.17) is 13.0 Å². The van der Waals surface area contributed by atoms with Crippen LogP contribution in [-0.2, 0) is 30.4 Å². The molecule has 15 heavy (non-hydrogen) atoms. The molecule has 5 heteroatoms. The molecule has 0 spiro atoms. The third-order valence-electron chi connectivity index (χ3n) is 2.03. The fourth-order valence-corrected chi connectivity index (χ4v) is 9.39. The SMILES string of the molecule is CC[O][Nb]([CH2]C)([O]CC)([O]CC)[O]CC. The van der Waals surface area contributed by atoms with Gasteiger partial charge in [0.25, 0.3) is 0 Å². The minimum atomic E-state index is -4.16. The van der Waals surface area contributed by atoms with Crippen molar-refractivity contribution in [3.63, 3.8) is 0 Å². The van der Waals surface area contributed by atoms with E-state index in [2.05, 4.69) is 0 Å². The van der Waals surface area contributed by atoms with Crippen LogP contribution in [0.1, 0.15) is 34.6 Å². The van der Waals surface area contributed by atoms with Crippen LogP contribution in [0, 0.1) is 0 Å². The van der Waals surface area contributed by atoms with Crippen LogP contribution in [0.4, 0.5) is 0 Å². The van der Waals surface area contributed by atoms with E-state index in [9.17, 15) is 0 Å². The van der Waals surface area contributed by atoms with E-state index in [1.165, 1.54) is 0 Å². The third kappa shape index (κ3) is 3.82. The fraction of sp³-hybridized carbons (Fsp3) is 1.00. The van der Waals surface area contributed by atoms with Gasteiger partial charge in [0.2, 0.25) is 0 Å². The van der Waals surface area contributed by atoms with Gasteiger partial charge >= 0.3 is 96.1 Å². The molecule has 0 saturated heterocycles. The van der Waals surface area contributed by atoms with Crippen LogP contribution in [0.25, 0.3) is 0 Å². The van der Waals surface area contributed by atoms with Crippen molar-refractivity contribution in [2.75, 3.05) is 26.4 Å². The van der Waals surface area contributed by atoms with Crippen molar-refractivity contribution in [3.05, 3.63) is 0 Å². The summed E-state index contributed by atoms with van der Waals surface area (Å²) < 4.78 is 24.0. The molecule has 0 aliphatic heterocycles. The Bertz CT molecular complexity index is 139. The molecule has 0 amide bonds. The summed E-state index contributed by atoms with van der Waals surface area (Å²) in [5.74, 6) is 0. The summed E-state index contributed by atoms with van der Waals surface area (Å²) >= 11 is -4.16. The summed E-state index contributed by atoms with van der Waals surface area (Å²) in [5, 5.41) is 0. The van der Waals surface area contributed by atoms with Crippen LogP contribution in [-0.4, -0.2) is 26.4 Å². The summed E-state index contributed by atoms with van der Waals surface area (Å²) in [6, 6.07) is 0. The van der Waals surface area contributed by atoms with Crippen LogP contribution in [0.5, 0.6) is 0 Å². The standard InChI is InChI=1S/4C2H5O.C2H5.Nb/c4*1-2-3;1-2;/h4*2H2,1H3;1H2,2H3;/q4*-1;;+4. The zero-order chi connectivity index (χ0) is 11.8. The number of hydrogen-bond acceptors (Lipinski definition) is 4. The monoisotopic (exact) mass is 302 g/mol. The predicted molar refractivity (Wildman–Crippen MR) is 57.0 cm³/mol. The second kappa shape index (κ2) is 7.01. The van der Waals surface area contributed by atoms with Gasteiger partial charge in [-0.05, 0) is 0 Å². The first-order valence-corrected chi connectivity index (χ1v) is 10.9. The molecule has 0 aromatic rings. The second-order valence-electron chi connectivity index (χ2n) is 2.95. The molecule has 0 saturated carbocycles. The molecule has 0 heterocycles. The maximum absolute atomic E-state index is 5.82. The Hall–Kier alpha value is 0.580. The van der Waals surface area contributed by atoms with Crippen molar-refractivity contribution in [1.29, 1.82) is 0 Å². The molecule has 0 aromatic carbocycles. The number of hydrogen-bond donors (Lipinski definition) is 0. The molecule has 0 N–H and O–H groups in total. The third-order valence-corrected chi connectivity index (χ3v) is 12.0. The van der Waals surface area contributed by atoms with Crippen LogP contribution in [0.3, 0.4) is 0 Å². The van der Waals surface area contributed by atoms with Gasteiger partial charge in [-0.2, -0.15) is 0 Å². The van der Waals surface area contributed by atoms with Gasteiger partial charge in [0.15, 0.2) is 0 Å². The van der Waals surface area contributed by atoms with Crippen LogP contribution in [0.2, 0.25) is 4.64 Å². The fourth-order valence-electron chi connectivity index (χ4n) is 1.59. The summed E-state index contributed by atoms with van der Waals surface area (Å²) in [6.07, 6.45) is 0. The molecular formula is C10H25NbO4. The van der Waals surface area contributed by atoms with Crippen molar-refractivity contribution in [1.82, 2.24) is 0 Å². The Labute approximate surface area is 96.1 Å². The molecule has 0 aromatic heterocycles. The van der Waals surface area contributed by atoms with Crippen molar-refractivity contribution >= 4 is 0 Å². The molecule has 0 atom stereocenters. The van der Waals surface area contributed by atoms with E-state index in [1.807, 2.05) is 34.6 Å². The Morgan fingerprint density at radius 3 is 1.00 bits per heavy atom. The molecule has 0 radical (unpaired) electrons. The molecule has 0 fully saturated rings. The first-order valence-electron chi connectivity index (χ1n) is 5.74. The molecule has 94 valence electrons. The molecule has 0 aliphatic rings. The summed E-state index contributed by atoms with van der Waals surface area (Å²) in [4.78, 5) is 0. The summed E-state index contributed by atoms with van der Waals surface area (Å²) in [6.45, 7) is 12.0. The van der Waals surface area contributed by atoms with E-state index in [-0.39, 0.29) is 0 Å². The average Bonchev–Trinajstić information content (AvgIpc) is 2.20. The van der Waals surface area contributed by atoms with Crippen molar-refractivity contribution in [2.24, 2.45) is 0 Å². The van der Waals surface area contributed by atoms with E-state index in [0.717, 1.165) is 0 Å². The molecule has 0 unspecified atom stereocenters. The van der Waals surface area contributed by atoms with Crippen LogP contribution < -0.4 is 0 Å². The second-order valence-corrected chi connectivity index (χ2v) is 11.8. The van der Waals surface area contributed by atoms with Crippen LogP contribution in [0.15, 0.2) is 0 Å². The van der Waals surface area contributed by atoms with E-state index in [0.29, 0.717) is 31.1 Å². The van der Waals surface area contributed by atoms with Crippen molar-refractivity contribution < 1.29 is 30.4 Å². The Morgan fingerprint density at radius 2 is 0.867 bits per heavy atom. The van der Waals surface area contributed by atoms with Crippen molar-refractivity contribution in [2.45, 2.75) is 39.3 Å². The normalized spacial score (nSPS) is 14.9. The Morgan fingerprint density at radius 1 is 0.600 bits per heavy atom. The van der Waals surface area contributed by atoms with E-state index >= 15 is 0 Å². The maximum atomic E-state index is 5.82. The number of rotatable bonds is 9. The summed E-state index contributed by atoms with van der Waals surface area (Å²) in [5.41, 5.74) is 0. The van der Waals surface area contributed by atoms with Crippen LogP contribution >= 0.6 is 0 Å². The molecule has 0 bridgehead atoms. The minimum absolute atomic E-state index is 0.565. The quantitative estimate of drug-likeness (QED) is 0.614. The first-order chi connectivity index (χ1) is 7.12. The van der Waals surface area contributed by atoms with Gasteiger partial charge in [-0.1, -0.05) is 0 Å². The Kier molecular flexibility index (Phi) is 7.28. The molecular weight excluding hydrogens is 277 g/mol. The van der Waals surface area contributed by atoms with Gasteiger partial charge in [-0.15, -0.1) is 0 Å². The zero-order valence-electron chi connectivity index (χ0n) is 10.6. The average molecular weight is 302 g/mol. The van der Waals surface area contributed by atoms with Gasteiger partial charge in [-0.3, -0.25) is 0 Å². The van der Waals surface area contributed by atoms with Crippen molar-refractivity contribution in [3.8, 4) is 0 Å². The zero-order valence-corrected chi connectivity index (χ0v) is 12.8. The predicted octanol–water partition coefficient (Wildman–Crippen LogP) is 2.92. The van der Waals surface area contributed by atoms with E-state index < -0.39 is 17.4 Å². The van der Waals surface area contributed by atoms with Gasteiger partial charge in [-0.25, -0.2) is 0 Å². The first kappa shape index (κ1) is 15.6. The van der Waals surface area contributed by atoms with Gasteiger partial charge in [0.05, 0.1) is 0 Å². The topological polar surface area (TPSA) is 36.9 Å². The van der Waals surface area contributed by atoms with Gasteiger partial charge < -0.3 is 0 Å². The molecule has 0 aliphatic carbocycles. The Balaban J connectivity index is 4.97.